The van der Waals surface area contributed by atoms with E-state index in [0.717, 1.165) is 9.35 Å². The van der Waals surface area contributed by atoms with E-state index >= 15 is 0 Å². The molecule has 1 aromatic heterocycles. The fourth-order valence-corrected chi connectivity index (χ4v) is 2.94. The third-order valence-corrected chi connectivity index (χ3v) is 4.09. The zero-order valence-corrected chi connectivity index (χ0v) is 11.5. The number of terminal acetylenes is 1. The minimum Gasteiger partial charge on any atom is -0.385 e. The second-order valence-electron chi connectivity index (χ2n) is 3.66. The van der Waals surface area contributed by atoms with Crippen molar-refractivity contribution >= 4 is 39.1 Å². The molecule has 2 amide bonds. The SMILES string of the molecule is C#CC(C)N1C(=O)N=C(N)C1c1csc(Br)c1. The number of urea groups is 1. The summed E-state index contributed by atoms with van der Waals surface area (Å²) in [7, 11) is 0. The van der Waals surface area contributed by atoms with Gasteiger partial charge in [-0.15, -0.1) is 17.8 Å². The third kappa shape index (κ3) is 2.08. The molecule has 2 heterocycles. The van der Waals surface area contributed by atoms with Crippen molar-refractivity contribution in [3.05, 3.63) is 20.8 Å². The van der Waals surface area contributed by atoms with Crippen LogP contribution in [0.1, 0.15) is 18.5 Å². The largest absolute Gasteiger partial charge is 0.385 e. The summed E-state index contributed by atoms with van der Waals surface area (Å²) in [4.78, 5) is 17.0. The first-order valence-corrected chi connectivity index (χ1v) is 6.58. The Kier molecular flexibility index (Phi) is 3.22. The Morgan fingerprint density at radius 2 is 2.47 bits per heavy atom. The van der Waals surface area contributed by atoms with E-state index in [1.807, 2.05) is 11.4 Å². The molecule has 4 nitrogen and oxygen atoms in total. The molecule has 2 N–H and O–H groups in total. The van der Waals surface area contributed by atoms with Crippen molar-refractivity contribution in [2.75, 3.05) is 0 Å². The number of halogens is 1. The van der Waals surface area contributed by atoms with Crippen LogP contribution in [0.3, 0.4) is 0 Å². The highest BCUT2D eigenvalue weighted by Crippen LogP contribution is 2.33. The zero-order valence-electron chi connectivity index (χ0n) is 9.05. The predicted molar refractivity (Wildman–Crippen MR) is 71.9 cm³/mol. The summed E-state index contributed by atoms with van der Waals surface area (Å²) < 4.78 is 0.980. The maximum atomic E-state index is 11.7. The van der Waals surface area contributed by atoms with Gasteiger partial charge in [-0.25, -0.2) is 4.79 Å². The van der Waals surface area contributed by atoms with Gasteiger partial charge in [0.1, 0.15) is 11.9 Å². The molecule has 0 aliphatic carbocycles. The monoisotopic (exact) mass is 311 g/mol. The lowest BCUT2D eigenvalue weighted by molar-refractivity contribution is 0.199. The topological polar surface area (TPSA) is 58.7 Å². The Labute approximate surface area is 112 Å². The molecule has 0 radical (unpaired) electrons. The van der Waals surface area contributed by atoms with Crippen LogP contribution in [-0.4, -0.2) is 22.8 Å². The van der Waals surface area contributed by atoms with Gasteiger partial charge in [-0.2, -0.15) is 4.99 Å². The van der Waals surface area contributed by atoms with Gasteiger partial charge in [-0.1, -0.05) is 5.92 Å². The molecule has 1 aliphatic rings. The molecule has 0 saturated carbocycles. The van der Waals surface area contributed by atoms with Crippen LogP contribution in [0.4, 0.5) is 4.79 Å². The first kappa shape index (κ1) is 12.1. The number of aliphatic imine (C=N–C) groups is 1. The Morgan fingerprint density at radius 3 is 3.00 bits per heavy atom. The van der Waals surface area contributed by atoms with Gasteiger partial charge in [0.2, 0.25) is 0 Å². The van der Waals surface area contributed by atoms with Crippen LogP contribution in [-0.2, 0) is 0 Å². The number of hydrogen-bond donors (Lipinski definition) is 1. The van der Waals surface area contributed by atoms with Gasteiger partial charge in [0.25, 0.3) is 0 Å². The van der Waals surface area contributed by atoms with Gasteiger partial charge >= 0.3 is 6.03 Å². The van der Waals surface area contributed by atoms with Crippen molar-refractivity contribution in [3.63, 3.8) is 0 Å². The summed E-state index contributed by atoms with van der Waals surface area (Å²) in [5.41, 5.74) is 6.73. The average Bonchev–Trinajstić information content (AvgIpc) is 2.81. The number of carbonyl (C=O) groups excluding carboxylic acids is 1. The predicted octanol–water partition coefficient (Wildman–Crippen LogP) is 2.37. The molecule has 6 heteroatoms. The minimum absolute atomic E-state index is 0.294. The maximum absolute atomic E-state index is 11.7. The van der Waals surface area contributed by atoms with Crippen molar-refractivity contribution in [3.8, 4) is 12.3 Å². The summed E-state index contributed by atoms with van der Waals surface area (Å²) in [6.07, 6.45) is 5.36. The van der Waals surface area contributed by atoms with Crippen LogP contribution in [0.5, 0.6) is 0 Å². The molecule has 0 saturated heterocycles. The highest BCUT2D eigenvalue weighted by atomic mass is 79.9. The molecule has 2 unspecified atom stereocenters. The summed E-state index contributed by atoms with van der Waals surface area (Å²) in [5, 5.41) is 1.94. The third-order valence-electron chi connectivity index (χ3n) is 2.57. The summed E-state index contributed by atoms with van der Waals surface area (Å²) in [6, 6.07) is 0.861. The van der Waals surface area contributed by atoms with Crippen molar-refractivity contribution < 1.29 is 4.79 Å². The van der Waals surface area contributed by atoms with E-state index in [-0.39, 0.29) is 18.1 Å². The molecule has 0 bridgehead atoms. The van der Waals surface area contributed by atoms with Crippen LogP contribution < -0.4 is 5.73 Å². The number of amidine groups is 1. The second kappa shape index (κ2) is 4.51. The van der Waals surface area contributed by atoms with Crippen molar-refractivity contribution in [1.29, 1.82) is 0 Å². The molecule has 2 rings (SSSR count). The summed E-state index contributed by atoms with van der Waals surface area (Å²) >= 11 is 4.91. The number of nitrogens with zero attached hydrogens (tertiary/aromatic N) is 2. The van der Waals surface area contributed by atoms with Crippen LogP contribution in [0.25, 0.3) is 0 Å². The fourth-order valence-electron chi connectivity index (χ4n) is 1.75. The number of amides is 2. The molecule has 88 valence electrons. The minimum atomic E-state index is -0.375. The van der Waals surface area contributed by atoms with Gasteiger partial charge in [-0.05, 0) is 39.9 Å². The van der Waals surface area contributed by atoms with Crippen molar-refractivity contribution in [2.45, 2.75) is 19.0 Å². The average molecular weight is 312 g/mol. The quantitative estimate of drug-likeness (QED) is 0.852. The van der Waals surface area contributed by atoms with E-state index in [1.165, 1.54) is 16.2 Å². The number of thiophene rings is 1. The lowest BCUT2D eigenvalue weighted by Crippen LogP contribution is -2.38. The van der Waals surface area contributed by atoms with E-state index in [4.69, 9.17) is 12.2 Å². The molecule has 2 atom stereocenters. The fraction of sp³-hybridized carbons (Fsp3) is 0.273. The van der Waals surface area contributed by atoms with Gasteiger partial charge in [0, 0.05) is 0 Å². The van der Waals surface area contributed by atoms with E-state index in [9.17, 15) is 4.79 Å². The number of hydrogen-bond acceptors (Lipinski definition) is 3. The van der Waals surface area contributed by atoms with Crippen LogP contribution in [0.15, 0.2) is 20.2 Å². The van der Waals surface area contributed by atoms with E-state index in [2.05, 4.69) is 26.8 Å². The highest BCUT2D eigenvalue weighted by molar-refractivity contribution is 9.11. The molecule has 1 aliphatic heterocycles. The lowest BCUT2D eigenvalue weighted by Gasteiger charge is -2.26. The molecule has 0 aromatic carbocycles. The Morgan fingerprint density at radius 1 is 1.76 bits per heavy atom. The van der Waals surface area contributed by atoms with Crippen LogP contribution >= 0.6 is 27.3 Å². The van der Waals surface area contributed by atoms with Gasteiger partial charge in [0.15, 0.2) is 0 Å². The maximum Gasteiger partial charge on any atom is 0.347 e. The first-order chi connectivity index (χ1) is 8.04. The highest BCUT2D eigenvalue weighted by Gasteiger charge is 2.37. The van der Waals surface area contributed by atoms with Crippen molar-refractivity contribution in [2.24, 2.45) is 10.7 Å². The lowest BCUT2D eigenvalue weighted by atomic mass is 10.1. The van der Waals surface area contributed by atoms with Gasteiger partial charge < -0.3 is 5.73 Å². The standard InChI is InChI=1S/C11H10BrN3OS/c1-3-6(2)15-9(10(13)14-11(15)16)7-4-8(12)17-5-7/h1,4-6,9H,2H3,(H2,13,14,16). The van der Waals surface area contributed by atoms with Crippen LogP contribution in [0.2, 0.25) is 0 Å². The van der Waals surface area contributed by atoms with E-state index in [1.54, 1.807) is 6.92 Å². The number of carbonyl (C=O) groups is 1. The Hall–Kier alpha value is -1.32. The summed E-state index contributed by atoms with van der Waals surface area (Å²) in [6.45, 7) is 1.78. The first-order valence-electron chi connectivity index (χ1n) is 4.91. The van der Waals surface area contributed by atoms with E-state index in [0.29, 0.717) is 5.84 Å². The number of nitrogens with two attached hydrogens (primary N) is 1. The Bertz CT molecular complexity index is 531. The molecule has 17 heavy (non-hydrogen) atoms. The normalized spacial score (nSPS) is 21.2. The number of rotatable bonds is 2. The molecule has 1 aromatic rings. The molecule has 0 spiro atoms. The Balaban J connectivity index is 2.40. The second-order valence-corrected chi connectivity index (χ2v) is 5.95. The van der Waals surface area contributed by atoms with E-state index < -0.39 is 0 Å². The molecular weight excluding hydrogens is 302 g/mol. The summed E-state index contributed by atoms with van der Waals surface area (Å²) in [5.74, 6) is 2.83. The van der Waals surface area contributed by atoms with Crippen molar-refractivity contribution in [1.82, 2.24) is 4.90 Å². The van der Waals surface area contributed by atoms with Gasteiger partial charge in [0.05, 0.1) is 9.83 Å². The zero-order chi connectivity index (χ0) is 12.6. The molecule has 0 fully saturated rings. The molecular formula is C11H10BrN3OS. The smallest absolute Gasteiger partial charge is 0.347 e. The van der Waals surface area contributed by atoms with Crippen LogP contribution in [0, 0.1) is 12.3 Å². The van der Waals surface area contributed by atoms with Gasteiger partial charge in [-0.3, -0.25) is 4.90 Å².